The van der Waals surface area contributed by atoms with Crippen LogP contribution in [0.4, 0.5) is 5.82 Å². The number of nitrogens with one attached hydrogen (secondary N) is 2. The zero-order chi connectivity index (χ0) is 14.9. The lowest BCUT2D eigenvalue weighted by atomic mass is 10.2. The van der Waals surface area contributed by atoms with E-state index in [9.17, 15) is 4.79 Å². The summed E-state index contributed by atoms with van der Waals surface area (Å²) in [5.41, 5.74) is 0.641. The molecule has 1 aliphatic rings. The highest BCUT2D eigenvalue weighted by Crippen LogP contribution is 2.07. The van der Waals surface area contributed by atoms with Crippen LogP contribution < -0.4 is 10.6 Å². The molecule has 2 heterocycles. The van der Waals surface area contributed by atoms with Crippen LogP contribution in [0.15, 0.2) is 18.3 Å². The number of morpholine rings is 1. The Bertz CT molecular complexity index is 447. The lowest BCUT2D eigenvalue weighted by Crippen LogP contribution is -2.37. The van der Waals surface area contributed by atoms with Crippen LogP contribution in [0.1, 0.15) is 23.7 Å². The number of amides is 1. The number of aromatic nitrogens is 1. The van der Waals surface area contributed by atoms with E-state index in [4.69, 9.17) is 4.74 Å². The number of ether oxygens (including phenoxy) is 1. The van der Waals surface area contributed by atoms with Gasteiger partial charge in [-0.05, 0) is 32.0 Å². The maximum atomic E-state index is 11.7. The van der Waals surface area contributed by atoms with Gasteiger partial charge in [-0.1, -0.05) is 0 Å². The van der Waals surface area contributed by atoms with Gasteiger partial charge in [0, 0.05) is 37.9 Å². The van der Waals surface area contributed by atoms with Crippen LogP contribution in [0.25, 0.3) is 0 Å². The van der Waals surface area contributed by atoms with Gasteiger partial charge in [-0.15, -0.1) is 0 Å². The molecule has 0 unspecified atom stereocenters. The van der Waals surface area contributed by atoms with Crippen molar-refractivity contribution in [3.05, 3.63) is 23.9 Å². The minimum absolute atomic E-state index is 0.0590. The van der Waals surface area contributed by atoms with Gasteiger partial charge in [-0.3, -0.25) is 9.69 Å². The fourth-order valence-corrected chi connectivity index (χ4v) is 2.27. The molecule has 116 valence electrons. The normalized spacial score (nSPS) is 15.7. The summed E-state index contributed by atoms with van der Waals surface area (Å²) in [5, 5.41) is 6.06. The molecule has 0 atom stereocenters. The fraction of sp³-hybridized carbons (Fsp3) is 0.600. The van der Waals surface area contributed by atoms with Crippen LogP contribution in [0, 0.1) is 0 Å². The number of pyridine rings is 1. The molecule has 6 nitrogen and oxygen atoms in total. The van der Waals surface area contributed by atoms with Gasteiger partial charge in [0.2, 0.25) is 0 Å². The van der Waals surface area contributed by atoms with Crippen LogP contribution in [-0.4, -0.2) is 61.7 Å². The second-order valence-electron chi connectivity index (χ2n) is 5.02. The molecular formula is C15H24N4O2. The Hall–Kier alpha value is -1.66. The fourth-order valence-electron chi connectivity index (χ4n) is 2.27. The number of carbonyl (C=O) groups is 1. The van der Waals surface area contributed by atoms with Gasteiger partial charge >= 0.3 is 0 Å². The van der Waals surface area contributed by atoms with E-state index in [0.29, 0.717) is 12.1 Å². The molecule has 1 amide bonds. The predicted molar refractivity (Wildman–Crippen MR) is 82.6 cm³/mol. The second kappa shape index (κ2) is 8.59. The smallest absolute Gasteiger partial charge is 0.251 e. The predicted octanol–water partition coefficient (Wildman–Crippen LogP) is 0.966. The van der Waals surface area contributed by atoms with E-state index in [2.05, 4.69) is 20.5 Å². The number of carbonyl (C=O) groups excluding carboxylic acids is 1. The van der Waals surface area contributed by atoms with E-state index in [1.165, 1.54) is 0 Å². The Morgan fingerprint density at radius 3 is 3.00 bits per heavy atom. The summed E-state index contributed by atoms with van der Waals surface area (Å²) in [7, 11) is 0. The molecule has 2 N–H and O–H groups in total. The third-order valence-corrected chi connectivity index (χ3v) is 3.42. The van der Waals surface area contributed by atoms with E-state index in [-0.39, 0.29) is 5.91 Å². The standard InChI is InChI=1S/C15H24N4O2/c1-2-16-15(20)13-4-6-18-14(12-13)17-5-3-7-19-8-10-21-11-9-19/h4,6,12H,2-3,5,7-11H2,1H3,(H,16,20)(H,17,18). The molecule has 1 aliphatic heterocycles. The zero-order valence-corrected chi connectivity index (χ0v) is 12.6. The topological polar surface area (TPSA) is 66.5 Å². The van der Waals surface area contributed by atoms with Gasteiger partial charge in [0.05, 0.1) is 13.2 Å². The summed E-state index contributed by atoms with van der Waals surface area (Å²) in [6, 6.07) is 3.52. The molecule has 21 heavy (non-hydrogen) atoms. The van der Waals surface area contributed by atoms with E-state index in [1.807, 2.05) is 6.92 Å². The molecule has 1 aromatic heterocycles. The molecule has 1 aromatic rings. The number of nitrogens with zero attached hydrogens (tertiary/aromatic N) is 2. The SMILES string of the molecule is CCNC(=O)c1ccnc(NCCCN2CCOCC2)c1. The van der Waals surface area contributed by atoms with Crippen molar-refractivity contribution < 1.29 is 9.53 Å². The largest absolute Gasteiger partial charge is 0.379 e. The molecule has 0 radical (unpaired) electrons. The quantitative estimate of drug-likeness (QED) is 0.733. The Morgan fingerprint density at radius 2 is 2.24 bits per heavy atom. The summed E-state index contributed by atoms with van der Waals surface area (Å²) in [5.74, 6) is 0.692. The molecule has 1 saturated heterocycles. The van der Waals surface area contributed by atoms with Crippen molar-refractivity contribution in [2.45, 2.75) is 13.3 Å². The van der Waals surface area contributed by atoms with Crippen molar-refractivity contribution >= 4 is 11.7 Å². The lowest BCUT2D eigenvalue weighted by Gasteiger charge is -2.26. The Labute approximate surface area is 125 Å². The van der Waals surface area contributed by atoms with Gasteiger partial charge in [-0.2, -0.15) is 0 Å². The van der Waals surface area contributed by atoms with E-state index in [1.54, 1.807) is 18.3 Å². The number of hydrogen-bond acceptors (Lipinski definition) is 5. The molecule has 0 spiro atoms. The molecule has 0 aliphatic carbocycles. The molecule has 1 fully saturated rings. The maximum absolute atomic E-state index is 11.7. The zero-order valence-electron chi connectivity index (χ0n) is 12.6. The summed E-state index contributed by atoms with van der Waals surface area (Å²) >= 11 is 0. The monoisotopic (exact) mass is 292 g/mol. The Kier molecular flexibility index (Phi) is 6.43. The molecule has 0 saturated carbocycles. The van der Waals surface area contributed by atoms with Gasteiger partial charge in [0.1, 0.15) is 5.82 Å². The van der Waals surface area contributed by atoms with Gasteiger partial charge < -0.3 is 15.4 Å². The first-order valence-corrected chi connectivity index (χ1v) is 7.58. The van der Waals surface area contributed by atoms with Crippen molar-refractivity contribution in [3.63, 3.8) is 0 Å². The summed E-state index contributed by atoms with van der Waals surface area (Å²) in [4.78, 5) is 18.4. The highest BCUT2D eigenvalue weighted by Gasteiger charge is 2.09. The minimum atomic E-state index is -0.0590. The van der Waals surface area contributed by atoms with Crippen molar-refractivity contribution in [2.75, 3.05) is 51.3 Å². The van der Waals surface area contributed by atoms with E-state index < -0.39 is 0 Å². The minimum Gasteiger partial charge on any atom is -0.379 e. The van der Waals surface area contributed by atoms with E-state index >= 15 is 0 Å². The van der Waals surface area contributed by atoms with Crippen molar-refractivity contribution in [2.24, 2.45) is 0 Å². The van der Waals surface area contributed by atoms with Crippen LogP contribution >= 0.6 is 0 Å². The summed E-state index contributed by atoms with van der Waals surface area (Å²) in [6.07, 6.45) is 2.71. The molecule has 0 aromatic carbocycles. The van der Waals surface area contributed by atoms with Crippen LogP contribution in [0.3, 0.4) is 0 Å². The van der Waals surface area contributed by atoms with Crippen LogP contribution in [-0.2, 0) is 4.74 Å². The van der Waals surface area contributed by atoms with Gasteiger partial charge in [-0.25, -0.2) is 4.98 Å². The number of hydrogen-bond donors (Lipinski definition) is 2. The first kappa shape index (κ1) is 15.7. The highest BCUT2D eigenvalue weighted by molar-refractivity contribution is 5.94. The number of anilines is 1. The summed E-state index contributed by atoms with van der Waals surface area (Å²) < 4.78 is 5.33. The first-order valence-electron chi connectivity index (χ1n) is 7.58. The third-order valence-electron chi connectivity index (χ3n) is 3.42. The second-order valence-corrected chi connectivity index (χ2v) is 5.02. The highest BCUT2D eigenvalue weighted by atomic mass is 16.5. The molecule has 0 bridgehead atoms. The third kappa shape index (κ3) is 5.32. The average molecular weight is 292 g/mol. The molecule has 2 rings (SSSR count). The first-order chi connectivity index (χ1) is 10.3. The van der Waals surface area contributed by atoms with Crippen LogP contribution in [0.2, 0.25) is 0 Å². The van der Waals surface area contributed by atoms with Crippen LogP contribution in [0.5, 0.6) is 0 Å². The van der Waals surface area contributed by atoms with Crippen molar-refractivity contribution in [1.82, 2.24) is 15.2 Å². The maximum Gasteiger partial charge on any atom is 0.251 e. The summed E-state index contributed by atoms with van der Waals surface area (Å²) in [6.45, 7) is 8.16. The van der Waals surface area contributed by atoms with E-state index in [0.717, 1.165) is 51.6 Å². The van der Waals surface area contributed by atoms with Crippen molar-refractivity contribution in [3.8, 4) is 0 Å². The average Bonchev–Trinajstić information content (AvgIpc) is 2.53. The Balaban J connectivity index is 1.72. The van der Waals surface area contributed by atoms with Gasteiger partial charge in [0.15, 0.2) is 0 Å². The van der Waals surface area contributed by atoms with Gasteiger partial charge in [0.25, 0.3) is 5.91 Å². The number of rotatable bonds is 7. The lowest BCUT2D eigenvalue weighted by molar-refractivity contribution is 0.0378. The molecular weight excluding hydrogens is 268 g/mol. The molecule has 6 heteroatoms. The Morgan fingerprint density at radius 1 is 1.43 bits per heavy atom. The van der Waals surface area contributed by atoms with Crippen molar-refractivity contribution in [1.29, 1.82) is 0 Å².